The van der Waals surface area contributed by atoms with E-state index < -0.39 is 0 Å². The van der Waals surface area contributed by atoms with E-state index >= 15 is 0 Å². The highest BCUT2D eigenvalue weighted by Crippen LogP contribution is 2.24. The molecule has 1 aliphatic heterocycles. The van der Waals surface area contributed by atoms with Gasteiger partial charge in [-0.15, -0.1) is 5.10 Å². The third kappa shape index (κ3) is 1.53. The molecule has 0 atom stereocenters. The summed E-state index contributed by atoms with van der Waals surface area (Å²) in [5.41, 5.74) is 6.66. The Balaban J connectivity index is 2.01. The average Bonchev–Trinajstić information content (AvgIpc) is 2.76. The Morgan fingerprint density at radius 1 is 1.31 bits per heavy atom. The molecule has 1 saturated heterocycles. The number of fused-ring (bicyclic) bond motifs is 1. The highest BCUT2D eigenvalue weighted by Gasteiger charge is 2.20. The molecule has 0 amide bonds. The predicted molar refractivity (Wildman–Crippen MR) is 60.2 cm³/mol. The largest absolute Gasteiger partial charge is 0.384 e. The first kappa shape index (κ1) is 9.59. The van der Waals surface area contributed by atoms with Gasteiger partial charge in [-0.1, -0.05) is 6.07 Å². The number of ether oxygens (including phenoxy) is 1. The summed E-state index contributed by atoms with van der Waals surface area (Å²) in [5, 5.41) is 4.46. The van der Waals surface area contributed by atoms with Crippen LogP contribution in [0.3, 0.4) is 0 Å². The van der Waals surface area contributed by atoms with Gasteiger partial charge >= 0.3 is 0 Å². The molecule has 5 nitrogen and oxygen atoms in total. The lowest BCUT2D eigenvalue weighted by atomic mass is 10.00. The Morgan fingerprint density at radius 2 is 2.12 bits per heavy atom. The highest BCUT2D eigenvalue weighted by molar-refractivity contribution is 5.46. The van der Waals surface area contributed by atoms with Gasteiger partial charge in [-0.3, -0.25) is 0 Å². The smallest absolute Gasteiger partial charge is 0.157 e. The Bertz CT molecular complexity index is 502. The summed E-state index contributed by atoms with van der Waals surface area (Å²) in [6.07, 6.45) is 1.99. The maximum absolute atomic E-state index is 5.83. The van der Waals surface area contributed by atoms with Crippen LogP contribution in [0.1, 0.15) is 24.6 Å². The molecule has 3 heterocycles. The molecular weight excluding hydrogens is 204 g/mol. The fourth-order valence-corrected chi connectivity index (χ4v) is 2.07. The minimum absolute atomic E-state index is 0.410. The number of anilines is 1. The van der Waals surface area contributed by atoms with Crippen LogP contribution in [0, 0.1) is 0 Å². The lowest BCUT2D eigenvalue weighted by Crippen LogP contribution is -2.15. The van der Waals surface area contributed by atoms with E-state index in [0.717, 1.165) is 37.5 Å². The molecule has 0 spiro atoms. The Labute approximate surface area is 93.2 Å². The van der Waals surface area contributed by atoms with Gasteiger partial charge in [-0.05, 0) is 25.0 Å². The minimum Gasteiger partial charge on any atom is -0.384 e. The van der Waals surface area contributed by atoms with Gasteiger partial charge < -0.3 is 10.5 Å². The molecular formula is C11H14N4O. The fraction of sp³-hybridized carbons (Fsp3) is 0.455. The topological polar surface area (TPSA) is 65.4 Å². The molecule has 0 unspecified atom stereocenters. The Hall–Kier alpha value is -1.62. The van der Waals surface area contributed by atoms with E-state index in [1.165, 1.54) is 0 Å². The fourth-order valence-electron chi connectivity index (χ4n) is 2.07. The molecule has 1 fully saturated rings. The van der Waals surface area contributed by atoms with E-state index in [9.17, 15) is 0 Å². The molecule has 0 aromatic carbocycles. The molecule has 84 valence electrons. The summed E-state index contributed by atoms with van der Waals surface area (Å²) in [6, 6.07) is 5.65. The number of hydrogen-bond acceptors (Lipinski definition) is 4. The van der Waals surface area contributed by atoms with Crippen LogP contribution in [0.25, 0.3) is 5.65 Å². The van der Waals surface area contributed by atoms with Crippen LogP contribution >= 0.6 is 0 Å². The van der Waals surface area contributed by atoms with Crippen LogP contribution in [0.4, 0.5) is 5.82 Å². The second kappa shape index (κ2) is 3.75. The van der Waals surface area contributed by atoms with E-state index in [2.05, 4.69) is 10.1 Å². The van der Waals surface area contributed by atoms with Crippen molar-refractivity contribution in [2.45, 2.75) is 18.8 Å². The van der Waals surface area contributed by atoms with E-state index in [1.807, 2.05) is 18.2 Å². The lowest BCUT2D eigenvalue weighted by Gasteiger charge is -2.18. The van der Waals surface area contributed by atoms with E-state index in [0.29, 0.717) is 11.7 Å². The van der Waals surface area contributed by atoms with Gasteiger partial charge in [0.1, 0.15) is 5.82 Å². The van der Waals surface area contributed by atoms with Crippen LogP contribution < -0.4 is 5.73 Å². The zero-order chi connectivity index (χ0) is 11.0. The molecule has 5 heteroatoms. The van der Waals surface area contributed by atoms with Crippen molar-refractivity contribution in [3.8, 4) is 0 Å². The van der Waals surface area contributed by atoms with Crippen LogP contribution in [0.2, 0.25) is 0 Å². The summed E-state index contributed by atoms with van der Waals surface area (Å²) in [5.74, 6) is 1.93. The first-order valence-corrected chi connectivity index (χ1v) is 5.53. The van der Waals surface area contributed by atoms with Crippen molar-refractivity contribution >= 4 is 11.5 Å². The van der Waals surface area contributed by atoms with E-state index in [-0.39, 0.29) is 0 Å². The van der Waals surface area contributed by atoms with Crippen molar-refractivity contribution in [2.75, 3.05) is 18.9 Å². The number of nitrogen functional groups attached to an aromatic ring is 1. The van der Waals surface area contributed by atoms with Crippen LogP contribution in [-0.4, -0.2) is 27.8 Å². The number of aromatic nitrogens is 3. The van der Waals surface area contributed by atoms with Gasteiger partial charge in [0, 0.05) is 19.1 Å². The third-order valence-electron chi connectivity index (χ3n) is 2.99. The van der Waals surface area contributed by atoms with Gasteiger partial charge in [0.05, 0.1) is 0 Å². The molecule has 0 radical (unpaired) electrons. The SMILES string of the molecule is Nc1cccc2nc(C3CCOCC3)nn12. The van der Waals surface area contributed by atoms with Crippen molar-refractivity contribution in [1.82, 2.24) is 14.6 Å². The molecule has 0 saturated carbocycles. The summed E-state index contributed by atoms with van der Waals surface area (Å²) in [4.78, 5) is 4.51. The molecule has 1 aliphatic rings. The molecule has 0 aliphatic carbocycles. The van der Waals surface area contributed by atoms with Crippen molar-refractivity contribution < 1.29 is 4.74 Å². The van der Waals surface area contributed by atoms with E-state index in [4.69, 9.17) is 10.5 Å². The first-order valence-electron chi connectivity index (χ1n) is 5.53. The quantitative estimate of drug-likeness (QED) is 0.781. The molecule has 2 aromatic rings. The minimum atomic E-state index is 0.410. The van der Waals surface area contributed by atoms with Crippen molar-refractivity contribution in [3.05, 3.63) is 24.0 Å². The Kier molecular flexibility index (Phi) is 2.25. The van der Waals surface area contributed by atoms with Crippen molar-refractivity contribution in [1.29, 1.82) is 0 Å². The number of nitrogens with zero attached hydrogens (tertiary/aromatic N) is 3. The zero-order valence-electron chi connectivity index (χ0n) is 8.97. The summed E-state index contributed by atoms with van der Waals surface area (Å²) < 4.78 is 7.03. The predicted octanol–water partition coefficient (Wildman–Crippen LogP) is 1.21. The molecule has 16 heavy (non-hydrogen) atoms. The summed E-state index contributed by atoms with van der Waals surface area (Å²) >= 11 is 0. The average molecular weight is 218 g/mol. The second-order valence-corrected chi connectivity index (χ2v) is 4.08. The maximum atomic E-state index is 5.83. The zero-order valence-corrected chi connectivity index (χ0v) is 8.97. The van der Waals surface area contributed by atoms with Crippen molar-refractivity contribution in [3.63, 3.8) is 0 Å². The van der Waals surface area contributed by atoms with Crippen molar-refractivity contribution in [2.24, 2.45) is 0 Å². The number of rotatable bonds is 1. The standard InChI is InChI=1S/C11H14N4O/c12-9-2-1-3-10-13-11(14-15(9)10)8-4-6-16-7-5-8/h1-3,8H,4-7,12H2. The third-order valence-corrected chi connectivity index (χ3v) is 2.99. The summed E-state index contributed by atoms with van der Waals surface area (Å²) in [7, 11) is 0. The lowest BCUT2D eigenvalue weighted by molar-refractivity contribution is 0.0836. The number of nitrogens with two attached hydrogens (primary N) is 1. The molecule has 3 rings (SSSR count). The van der Waals surface area contributed by atoms with Gasteiger partial charge in [0.15, 0.2) is 11.5 Å². The molecule has 0 bridgehead atoms. The van der Waals surface area contributed by atoms with Gasteiger partial charge in [-0.2, -0.15) is 4.52 Å². The monoisotopic (exact) mass is 218 g/mol. The maximum Gasteiger partial charge on any atom is 0.157 e. The number of pyridine rings is 1. The van der Waals surface area contributed by atoms with Gasteiger partial charge in [0.2, 0.25) is 0 Å². The molecule has 2 N–H and O–H groups in total. The van der Waals surface area contributed by atoms with Crippen LogP contribution in [0.5, 0.6) is 0 Å². The van der Waals surface area contributed by atoms with Crippen LogP contribution in [-0.2, 0) is 4.74 Å². The normalized spacial score (nSPS) is 18.0. The first-order chi connectivity index (χ1) is 7.84. The van der Waals surface area contributed by atoms with Gasteiger partial charge in [0.25, 0.3) is 0 Å². The van der Waals surface area contributed by atoms with Gasteiger partial charge in [-0.25, -0.2) is 4.98 Å². The second-order valence-electron chi connectivity index (χ2n) is 4.08. The Morgan fingerprint density at radius 3 is 2.88 bits per heavy atom. The molecule has 2 aromatic heterocycles. The highest BCUT2D eigenvalue weighted by atomic mass is 16.5. The van der Waals surface area contributed by atoms with E-state index in [1.54, 1.807) is 4.52 Å². The van der Waals surface area contributed by atoms with Crippen LogP contribution in [0.15, 0.2) is 18.2 Å². The number of hydrogen-bond donors (Lipinski definition) is 1. The summed E-state index contributed by atoms with van der Waals surface area (Å²) in [6.45, 7) is 1.60.